The normalized spacial score (nSPS) is 12.3. The summed E-state index contributed by atoms with van der Waals surface area (Å²) in [5.41, 5.74) is 0. The fraction of sp³-hybridized carbons (Fsp3) is 0.838. The number of hydrogen-bond donors (Lipinski definition) is 0. The van der Waals surface area contributed by atoms with Gasteiger partial charge in [0.15, 0.2) is 6.10 Å². The Morgan fingerprint density at radius 2 is 0.486 bits per heavy atom. The number of ether oxygens (including phenoxy) is 3. The second-order valence-corrected chi connectivity index (χ2v) is 22.0. The maximum absolute atomic E-state index is 12.9. The van der Waals surface area contributed by atoms with Crippen molar-refractivity contribution in [3.63, 3.8) is 0 Å². The summed E-state index contributed by atoms with van der Waals surface area (Å²) in [4.78, 5) is 38.3. The fourth-order valence-electron chi connectivity index (χ4n) is 9.58. The first-order valence-corrected chi connectivity index (χ1v) is 32.6. The second kappa shape index (κ2) is 62.9. The molecule has 0 saturated heterocycles. The number of esters is 3. The van der Waals surface area contributed by atoms with Crippen molar-refractivity contribution in [2.45, 2.75) is 354 Å². The zero-order chi connectivity index (χ0) is 53.6. The Kier molecular flexibility index (Phi) is 60.7. The van der Waals surface area contributed by atoms with Gasteiger partial charge in [0.05, 0.1) is 0 Å². The number of hydrogen-bond acceptors (Lipinski definition) is 6. The quantitative estimate of drug-likeness (QED) is 0.0261. The van der Waals surface area contributed by atoms with Gasteiger partial charge in [-0.15, -0.1) is 0 Å². The van der Waals surface area contributed by atoms with Crippen molar-refractivity contribution in [2.75, 3.05) is 13.2 Å². The van der Waals surface area contributed by atoms with Crippen LogP contribution in [0.4, 0.5) is 0 Å². The fourth-order valence-corrected chi connectivity index (χ4v) is 9.58. The Hall–Kier alpha value is -2.63. The lowest BCUT2D eigenvalue weighted by Crippen LogP contribution is -2.30. The van der Waals surface area contributed by atoms with Crippen molar-refractivity contribution < 1.29 is 28.6 Å². The van der Waals surface area contributed by atoms with Crippen LogP contribution in [-0.4, -0.2) is 37.2 Å². The first kappa shape index (κ1) is 71.4. The Morgan fingerprint density at radius 3 is 0.757 bits per heavy atom. The molecule has 432 valence electrons. The van der Waals surface area contributed by atoms with Gasteiger partial charge in [-0.1, -0.05) is 275 Å². The van der Waals surface area contributed by atoms with Crippen LogP contribution in [0.25, 0.3) is 0 Å². The van der Waals surface area contributed by atoms with Crippen molar-refractivity contribution in [2.24, 2.45) is 0 Å². The monoisotopic (exact) mass is 1040 g/mol. The molecule has 0 bridgehead atoms. The van der Waals surface area contributed by atoms with Crippen molar-refractivity contribution in [1.82, 2.24) is 0 Å². The summed E-state index contributed by atoms with van der Waals surface area (Å²) in [7, 11) is 0. The smallest absolute Gasteiger partial charge is 0.306 e. The molecule has 0 radical (unpaired) electrons. The van der Waals surface area contributed by atoms with E-state index in [1.54, 1.807) is 0 Å². The van der Waals surface area contributed by atoms with Crippen LogP contribution in [0.1, 0.15) is 348 Å². The minimum Gasteiger partial charge on any atom is -0.462 e. The van der Waals surface area contributed by atoms with Crippen LogP contribution >= 0.6 is 0 Å². The van der Waals surface area contributed by atoms with Crippen LogP contribution in [0.5, 0.6) is 0 Å². The Labute approximate surface area is 460 Å². The highest BCUT2D eigenvalue weighted by Crippen LogP contribution is 2.17. The van der Waals surface area contributed by atoms with Crippen molar-refractivity contribution in [3.8, 4) is 0 Å². The number of carbonyl (C=O) groups excluding carboxylic acids is 3. The molecule has 0 fully saturated rings. The zero-order valence-electron chi connectivity index (χ0n) is 49.6. The van der Waals surface area contributed by atoms with Gasteiger partial charge < -0.3 is 14.2 Å². The standard InChI is InChI=1S/C68H124O6/c1-4-7-10-13-16-19-22-25-28-31-32-33-34-35-36-38-40-43-46-49-52-55-58-61-67(70)73-64-65(63-72-66(69)60-57-54-51-48-45-42-39-30-27-24-21-18-15-12-9-6-3)74-68(71)62-59-56-53-50-47-44-41-37-29-26-23-20-17-14-11-8-5-2/h22,25-26,29-32,39,65H,4-21,23-24,27-28,33-38,40-64H2,1-3H3/b25-22-,29-26-,32-31-,39-30-. The highest BCUT2D eigenvalue weighted by atomic mass is 16.6. The number of unbranched alkanes of at least 4 members (excludes halogenated alkanes) is 41. The predicted octanol–water partition coefficient (Wildman–Crippen LogP) is 22.2. The zero-order valence-corrected chi connectivity index (χ0v) is 49.6. The van der Waals surface area contributed by atoms with Crippen LogP contribution in [0.3, 0.4) is 0 Å². The number of allylic oxidation sites excluding steroid dienone is 8. The maximum atomic E-state index is 12.9. The third kappa shape index (κ3) is 60.2. The van der Waals surface area contributed by atoms with Crippen molar-refractivity contribution in [3.05, 3.63) is 48.6 Å². The SMILES string of the molecule is CCCCCCC/C=C\C/C=C\CCCCCCCCCCCCCC(=O)OCC(COC(=O)CCCCCCC/C=C\CCCCCCCCC)OC(=O)CCCCCCCCC/C=C\CCCCCCCC. The molecule has 6 nitrogen and oxygen atoms in total. The summed E-state index contributed by atoms with van der Waals surface area (Å²) in [6.45, 7) is 6.66. The molecule has 0 saturated carbocycles. The Morgan fingerprint density at radius 1 is 0.270 bits per heavy atom. The first-order valence-electron chi connectivity index (χ1n) is 32.6. The average molecular weight is 1040 g/mol. The molecule has 0 aliphatic carbocycles. The molecular formula is C68H124O6. The third-order valence-corrected chi connectivity index (χ3v) is 14.5. The van der Waals surface area contributed by atoms with E-state index in [0.717, 1.165) is 70.6 Å². The van der Waals surface area contributed by atoms with Gasteiger partial charge in [-0.3, -0.25) is 14.4 Å². The summed E-state index contributed by atoms with van der Waals surface area (Å²) in [6.07, 6.45) is 78.3. The van der Waals surface area contributed by atoms with E-state index in [1.165, 1.54) is 238 Å². The molecule has 0 aliphatic heterocycles. The lowest BCUT2D eigenvalue weighted by Gasteiger charge is -2.18. The lowest BCUT2D eigenvalue weighted by atomic mass is 10.0. The summed E-state index contributed by atoms with van der Waals surface area (Å²) in [5, 5.41) is 0. The van der Waals surface area contributed by atoms with Crippen LogP contribution in [0, 0.1) is 0 Å². The van der Waals surface area contributed by atoms with E-state index < -0.39 is 6.10 Å². The summed E-state index contributed by atoms with van der Waals surface area (Å²) in [6, 6.07) is 0. The first-order chi connectivity index (χ1) is 36.5. The molecule has 0 rings (SSSR count). The van der Waals surface area contributed by atoms with Gasteiger partial charge in [-0.05, 0) is 103 Å². The molecule has 0 spiro atoms. The van der Waals surface area contributed by atoms with Crippen LogP contribution in [0.2, 0.25) is 0 Å². The van der Waals surface area contributed by atoms with E-state index in [4.69, 9.17) is 14.2 Å². The molecule has 0 aliphatic rings. The highest BCUT2D eigenvalue weighted by molar-refractivity contribution is 5.71. The molecule has 0 N–H and O–H groups in total. The molecule has 0 aromatic rings. The number of rotatable bonds is 60. The van der Waals surface area contributed by atoms with Gasteiger partial charge in [-0.2, -0.15) is 0 Å². The molecule has 0 amide bonds. The van der Waals surface area contributed by atoms with Crippen LogP contribution < -0.4 is 0 Å². The summed E-state index contributed by atoms with van der Waals surface area (Å²) >= 11 is 0. The van der Waals surface area contributed by atoms with E-state index in [9.17, 15) is 14.4 Å². The van der Waals surface area contributed by atoms with E-state index in [-0.39, 0.29) is 31.1 Å². The third-order valence-electron chi connectivity index (χ3n) is 14.5. The summed E-state index contributed by atoms with van der Waals surface area (Å²) < 4.78 is 16.9. The topological polar surface area (TPSA) is 78.9 Å². The Balaban J connectivity index is 4.33. The van der Waals surface area contributed by atoms with Gasteiger partial charge in [-0.25, -0.2) is 0 Å². The number of carbonyl (C=O) groups is 3. The van der Waals surface area contributed by atoms with E-state index >= 15 is 0 Å². The molecule has 74 heavy (non-hydrogen) atoms. The largest absolute Gasteiger partial charge is 0.462 e. The molecule has 6 heteroatoms. The van der Waals surface area contributed by atoms with Gasteiger partial charge in [0.1, 0.15) is 13.2 Å². The molecule has 0 aromatic carbocycles. The van der Waals surface area contributed by atoms with Crippen molar-refractivity contribution >= 4 is 17.9 Å². The highest BCUT2D eigenvalue weighted by Gasteiger charge is 2.19. The summed E-state index contributed by atoms with van der Waals surface area (Å²) in [5.74, 6) is -0.871. The van der Waals surface area contributed by atoms with Crippen LogP contribution in [-0.2, 0) is 28.6 Å². The molecule has 1 unspecified atom stereocenters. The van der Waals surface area contributed by atoms with Gasteiger partial charge in [0, 0.05) is 19.3 Å². The van der Waals surface area contributed by atoms with Gasteiger partial charge in [0.25, 0.3) is 0 Å². The second-order valence-electron chi connectivity index (χ2n) is 22.0. The van der Waals surface area contributed by atoms with Gasteiger partial charge >= 0.3 is 17.9 Å². The van der Waals surface area contributed by atoms with Crippen molar-refractivity contribution in [1.29, 1.82) is 0 Å². The average Bonchev–Trinajstić information content (AvgIpc) is 3.40. The van der Waals surface area contributed by atoms with E-state index in [1.807, 2.05) is 0 Å². The molecule has 0 aromatic heterocycles. The Bertz CT molecular complexity index is 1280. The van der Waals surface area contributed by atoms with E-state index in [2.05, 4.69) is 69.4 Å². The molecular weight excluding hydrogens is 913 g/mol. The van der Waals surface area contributed by atoms with E-state index in [0.29, 0.717) is 19.3 Å². The minimum absolute atomic E-state index is 0.0762. The minimum atomic E-state index is -0.780. The molecule has 1 atom stereocenters. The maximum Gasteiger partial charge on any atom is 0.306 e. The lowest BCUT2D eigenvalue weighted by molar-refractivity contribution is -0.167. The van der Waals surface area contributed by atoms with Crippen LogP contribution in [0.15, 0.2) is 48.6 Å². The van der Waals surface area contributed by atoms with Gasteiger partial charge in [0.2, 0.25) is 0 Å². The molecule has 0 heterocycles. The predicted molar refractivity (Wildman–Crippen MR) is 321 cm³/mol.